The van der Waals surface area contributed by atoms with Crippen molar-refractivity contribution < 1.29 is 0 Å². The Bertz CT molecular complexity index is 628. The zero-order valence-corrected chi connectivity index (χ0v) is 10.1. The Labute approximate surface area is 102 Å². The Morgan fingerprint density at radius 2 is 2.29 bits per heavy atom. The Morgan fingerprint density at radius 3 is 3.12 bits per heavy atom. The highest BCUT2D eigenvalue weighted by atomic mass is 32.1. The zero-order chi connectivity index (χ0) is 11.7. The van der Waals surface area contributed by atoms with Gasteiger partial charge in [0.05, 0.1) is 12.2 Å². The topological polar surface area (TPSA) is 66.5 Å². The molecule has 0 saturated carbocycles. The number of fused-ring (bicyclic) bond motifs is 1. The predicted octanol–water partition coefficient (Wildman–Crippen LogP) is 2.33. The first-order chi connectivity index (χ1) is 8.34. The first-order valence-corrected chi connectivity index (χ1v) is 6.14. The average Bonchev–Trinajstić information content (AvgIpc) is 2.97. The fourth-order valence-corrected chi connectivity index (χ4v) is 2.31. The van der Waals surface area contributed by atoms with E-state index in [0.717, 1.165) is 29.1 Å². The number of H-pyrrole nitrogens is 1. The summed E-state index contributed by atoms with van der Waals surface area (Å²) in [4.78, 5) is 9.69. The average molecular weight is 245 g/mol. The molecule has 17 heavy (non-hydrogen) atoms. The highest BCUT2D eigenvalue weighted by Gasteiger charge is 2.08. The lowest BCUT2D eigenvalue weighted by Gasteiger charge is -2.03. The van der Waals surface area contributed by atoms with E-state index in [9.17, 15) is 0 Å². The summed E-state index contributed by atoms with van der Waals surface area (Å²) in [6.07, 6.45) is 1.56. The van der Waals surface area contributed by atoms with E-state index in [4.69, 9.17) is 0 Å². The van der Waals surface area contributed by atoms with E-state index in [1.165, 1.54) is 4.88 Å². The number of aryl methyl sites for hydroxylation is 1. The van der Waals surface area contributed by atoms with Crippen LogP contribution < -0.4 is 5.32 Å². The quantitative estimate of drug-likeness (QED) is 0.743. The van der Waals surface area contributed by atoms with Crippen molar-refractivity contribution in [1.29, 1.82) is 0 Å². The molecule has 0 aliphatic heterocycles. The van der Waals surface area contributed by atoms with Crippen LogP contribution in [-0.4, -0.2) is 20.2 Å². The molecule has 5 nitrogen and oxygen atoms in total. The van der Waals surface area contributed by atoms with E-state index in [1.54, 1.807) is 17.7 Å². The molecular formula is C11H11N5S. The van der Waals surface area contributed by atoms with Crippen molar-refractivity contribution in [3.05, 3.63) is 34.4 Å². The van der Waals surface area contributed by atoms with Gasteiger partial charge in [0.15, 0.2) is 11.3 Å². The minimum atomic E-state index is 0.760. The van der Waals surface area contributed by atoms with Crippen LogP contribution in [-0.2, 0) is 6.54 Å². The van der Waals surface area contributed by atoms with Crippen LogP contribution in [0.1, 0.15) is 10.6 Å². The number of nitrogens with zero attached hydrogens (tertiary/aromatic N) is 3. The van der Waals surface area contributed by atoms with Crippen molar-refractivity contribution in [3.8, 4) is 0 Å². The van der Waals surface area contributed by atoms with Crippen LogP contribution in [0.15, 0.2) is 23.8 Å². The van der Waals surface area contributed by atoms with E-state index in [1.807, 2.05) is 13.0 Å². The molecule has 0 radical (unpaired) electrons. The van der Waals surface area contributed by atoms with Crippen LogP contribution in [0.3, 0.4) is 0 Å². The van der Waals surface area contributed by atoms with Gasteiger partial charge in [-0.3, -0.25) is 5.10 Å². The molecule has 6 heteroatoms. The summed E-state index contributed by atoms with van der Waals surface area (Å²) >= 11 is 1.72. The molecule has 86 valence electrons. The Morgan fingerprint density at radius 1 is 1.35 bits per heavy atom. The number of nitrogens with one attached hydrogen (secondary N) is 2. The van der Waals surface area contributed by atoms with E-state index in [0.29, 0.717) is 0 Å². The molecule has 0 atom stereocenters. The summed E-state index contributed by atoms with van der Waals surface area (Å²) in [7, 11) is 0. The van der Waals surface area contributed by atoms with Gasteiger partial charge in [-0.1, -0.05) is 6.07 Å². The summed E-state index contributed by atoms with van der Waals surface area (Å²) in [5.74, 6) is 0.771. The van der Waals surface area contributed by atoms with Crippen LogP contribution in [0.25, 0.3) is 11.0 Å². The number of hydrogen-bond acceptors (Lipinski definition) is 5. The van der Waals surface area contributed by atoms with Crippen molar-refractivity contribution in [2.45, 2.75) is 13.5 Å². The third-order valence-corrected chi connectivity index (χ3v) is 3.40. The second-order valence-corrected chi connectivity index (χ2v) is 4.73. The normalized spacial score (nSPS) is 10.9. The molecule has 3 rings (SSSR count). The lowest BCUT2D eigenvalue weighted by Crippen LogP contribution is -2.01. The van der Waals surface area contributed by atoms with Gasteiger partial charge in [-0.2, -0.15) is 5.10 Å². The third-order valence-electron chi connectivity index (χ3n) is 2.52. The lowest BCUT2D eigenvalue weighted by molar-refractivity contribution is 1.06. The minimum absolute atomic E-state index is 0.760. The summed E-state index contributed by atoms with van der Waals surface area (Å²) in [5.41, 5.74) is 2.62. The van der Waals surface area contributed by atoms with Crippen LogP contribution in [0.4, 0.5) is 5.82 Å². The van der Waals surface area contributed by atoms with Crippen molar-refractivity contribution in [1.82, 2.24) is 20.2 Å². The third kappa shape index (κ3) is 1.87. The van der Waals surface area contributed by atoms with Gasteiger partial charge in [0.1, 0.15) is 11.8 Å². The van der Waals surface area contributed by atoms with E-state index in [2.05, 4.69) is 36.9 Å². The van der Waals surface area contributed by atoms with Gasteiger partial charge >= 0.3 is 0 Å². The highest BCUT2D eigenvalue weighted by molar-refractivity contribution is 7.09. The smallest absolute Gasteiger partial charge is 0.158 e. The first-order valence-electron chi connectivity index (χ1n) is 5.26. The summed E-state index contributed by atoms with van der Waals surface area (Å²) < 4.78 is 0. The molecule has 0 spiro atoms. The summed E-state index contributed by atoms with van der Waals surface area (Å²) in [6.45, 7) is 2.71. The van der Waals surface area contributed by atoms with Gasteiger partial charge in [-0.15, -0.1) is 11.3 Å². The van der Waals surface area contributed by atoms with Gasteiger partial charge in [-0.25, -0.2) is 9.97 Å². The van der Waals surface area contributed by atoms with Crippen molar-refractivity contribution >= 4 is 28.2 Å². The maximum absolute atomic E-state index is 4.22. The van der Waals surface area contributed by atoms with Crippen molar-refractivity contribution in [2.24, 2.45) is 0 Å². The SMILES string of the molecule is Cc1[nH]nc2c(NCc3cccs3)ncnc12. The van der Waals surface area contributed by atoms with Gasteiger partial charge < -0.3 is 5.32 Å². The number of anilines is 1. The number of aromatic nitrogens is 4. The molecule has 0 aliphatic rings. The second-order valence-electron chi connectivity index (χ2n) is 3.70. The molecule has 0 aromatic carbocycles. The van der Waals surface area contributed by atoms with Crippen molar-refractivity contribution in [3.63, 3.8) is 0 Å². The number of thiophene rings is 1. The van der Waals surface area contributed by atoms with Gasteiger partial charge in [-0.05, 0) is 18.4 Å². The van der Waals surface area contributed by atoms with E-state index < -0.39 is 0 Å². The Kier molecular flexibility index (Phi) is 2.49. The van der Waals surface area contributed by atoms with Crippen LogP contribution in [0, 0.1) is 6.92 Å². The van der Waals surface area contributed by atoms with E-state index >= 15 is 0 Å². The molecule has 0 amide bonds. The monoisotopic (exact) mass is 245 g/mol. The molecule has 0 aliphatic carbocycles. The summed E-state index contributed by atoms with van der Waals surface area (Å²) in [6, 6.07) is 4.13. The fraction of sp³-hybridized carbons (Fsp3) is 0.182. The van der Waals surface area contributed by atoms with Crippen molar-refractivity contribution in [2.75, 3.05) is 5.32 Å². The number of rotatable bonds is 3. The number of aromatic amines is 1. The lowest BCUT2D eigenvalue weighted by atomic mass is 10.3. The van der Waals surface area contributed by atoms with Gasteiger partial charge in [0, 0.05) is 4.88 Å². The minimum Gasteiger partial charge on any atom is -0.363 e. The van der Waals surface area contributed by atoms with Gasteiger partial charge in [0.25, 0.3) is 0 Å². The molecule has 0 unspecified atom stereocenters. The largest absolute Gasteiger partial charge is 0.363 e. The molecule has 2 N–H and O–H groups in total. The molecule has 0 saturated heterocycles. The first kappa shape index (κ1) is 10.2. The molecule has 3 heterocycles. The Balaban J connectivity index is 1.90. The van der Waals surface area contributed by atoms with Crippen LogP contribution in [0.5, 0.6) is 0 Å². The zero-order valence-electron chi connectivity index (χ0n) is 9.27. The number of hydrogen-bond donors (Lipinski definition) is 2. The summed E-state index contributed by atoms with van der Waals surface area (Å²) in [5, 5.41) is 12.5. The molecule has 0 bridgehead atoms. The maximum Gasteiger partial charge on any atom is 0.158 e. The molecule has 0 fully saturated rings. The van der Waals surface area contributed by atoms with Gasteiger partial charge in [0.2, 0.25) is 0 Å². The molecule has 3 aromatic heterocycles. The maximum atomic E-state index is 4.22. The molecular weight excluding hydrogens is 234 g/mol. The Hall–Kier alpha value is -1.95. The second kappa shape index (κ2) is 4.14. The van der Waals surface area contributed by atoms with E-state index in [-0.39, 0.29) is 0 Å². The van der Waals surface area contributed by atoms with Crippen LogP contribution >= 0.6 is 11.3 Å². The molecule has 3 aromatic rings. The highest BCUT2D eigenvalue weighted by Crippen LogP contribution is 2.19. The fourth-order valence-electron chi connectivity index (χ4n) is 1.67. The van der Waals surface area contributed by atoms with Crippen LogP contribution in [0.2, 0.25) is 0 Å². The predicted molar refractivity (Wildman–Crippen MR) is 68.1 cm³/mol. The standard InChI is InChI=1S/C11H11N5S/c1-7-9-10(16-15-7)11(14-6-13-9)12-5-8-3-2-4-17-8/h2-4,6H,5H2,1H3,(H,15,16)(H,12,13,14).